The van der Waals surface area contributed by atoms with Gasteiger partial charge >= 0.3 is 0 Å². The monoisotopic (exact) mass is 314 g/mol. The van der Waals surface area contributed by atoms with E-state index in [-0.39, 0.29) is 12.0 Å². The Kier molecular flexibility index (Phi) is 6.12. The molecule has 1 rings (SSSR count). The Hall–Kier alpha value is -1.67. The van der Waals surface area contributed by atoms with Crippen LogP contribution in [0.15, 0.2) is 48.1 Å². The van der Waals surface area contributed by atoms with E-state index in [9.17, 15) is 5.11 Å². The van der Waals surface area contributed by atoms with E-state index in [0.717, 1.165) is 5.69 Å². The highest BCUT2D eigenvalue weighted by Gasteiger charge is 2.52. The molecule has 1 aromatic carbocycles. The summed E-state index contributed by atoms with van der Waals surface area (Å²) in [6, 6.07) is 8.24. The zero-order chi connectivity index (χ0) is 17.8. The Morgan fingerprint density at radius 1 is 1.22 bits per heavy atom. The summed E-state index contributed by atoms with van der Waals surface area (Å²) >= 11 is 0. The number of rotatable bonds is 7. The lowest BCUT2D eigenvalue weighted by atomic mass is 9.64. The van der Waals surface area contributed by atoms with Gasteiger partial charge < -0.3 is 5.11 Å². The topological polar surface area (TPSA) is 23.2 Å². The van der Waals surface area contributed by atoms with Crippen molar-refractivity contribution in [3.05, 3.63) is 53.6 Å². The molecule has 2 atom stereocenters. The summed E-state index contributed by atoms with van der Waals surface area (Å²) in [4.78, 5) is 0. The lowest BCUT2D eigenvalue weighted by Gasteiger charge is -2.42. The van der Waals surface area contributed by atoms with Crippen molar-refractivity contribution in [3.8, 4) is 0 Å². The van der Waals surface area contributed by atoms with E-state index in [1.807, 2.05) is 18.2 Å². The van der Waals surface area contributed by atoms with Crippen molar-refractivity contribution in [2.45, 2.75) is 53.5 Å². The maximum atomic E-state index is 9.70. The molecule has 23 heavy (non-hydrogen) atoms. The fourth-order valence-corrected chi connectivity index (χ4v) is 3.35. The molecule has 126 valence electrons. The fourth-order valence-electron chi connectivity index (χ4n) is 3.35. The fraction of sp³-hybridized carbons (Fsp3) is 0.476. The van der Waals surface area contributed by atoms with Gasteiger partial charge in [0.15, 0.2) is 5.54 Å². The largest absolute Gasteiger partial charge is 0.396 e. The molecule has 0 aliphatic carbocycles. The first-order chi connectivity index (χ1) is 10.7. The van der Waals surface area contributed by atoms with E-state index < -0.39 is 5.54 Å². The van der Waals surface area contributed by atoms with Gasteiger partial charge in [0.25, 0.3) is 0 Å². The number of aliphatic hydroxyl groups excluding tert-OH is 1. The third-order valence-corrected chi connectivity index (χ3v) is 5.67. The highest BCUT2D eigenvalue weighted by molar-refractivity contribution is 5.43. The second kappa shape index (κ2) is 7.27. The summed E-state index contributed by atoms with van der Waals surface area (Å²) in [5.74, 6) is 0. The number of para-hydroxylation sites is 1. The van der Waals surface area contributed by atoms with Crippen LogP contribution in [0.25, 0.3) is 0 Å². The van der Waals surface area contributed by atoms with Crippen LogP contribution < -0.4 is 0 Å². The van der Waals surface area contributed by atoms with E-state index in [1.165, 1.54) is 16.7 Å². The summed E-state index contributed by atoms with van der Waals surface area (Å²) in [5, 5.41) is 9.70. The number of aliphatic hydroxyl groups is 1. The molecule has 0 aliphatic rings. The van der Waals surface area contributed by atoms with E-state index in [1.54, 1.807) is 0 Å². The first-order valence-corrected chi connectivity index (χ1v) is 8.21. The van der Waals surface area contributed by atoms with E-state index in [4.69, 9.17) is 0 Å². The SMILES string of the molecule is C=CC(C)([N+](=C)c1ccccc1C)C(C)(CCO)C(C)=C(C)C. The minimum Gasteiger partial charge on any atom is -0.396 e. The average molecular weight is 314 g/mol. The Morgan fingerprint density at radius 3 is 2.22 bits per heavy atom. The van der Waals surface area contributed by atoms with Gasteiger partial charge in [-0.3, -0.25) is 0 Å². The summed E-state index contributed by atoms with van der Waals surface area (Å²) in [6.45, 7) is 21.4. The number of hydrogen-bond acceptors (Lipinski definition) is 1. The molecule has 0 aliphatic heterocycles. The molecule has 0 fully saturated rings. The van der Waals surface area contributed by atoms with Crippen LogP contribution in [0.5, 0.6) is 0 Å². The quantitative estimate of drug-likeness (QED) is 0.426. The second-order valence-corrected chi connectivity index (χ2v) is 7.00. The molecule has 0 saturated carbocycles. The van der Waals surface area contributed by atoms with E-state index >= 15 is 0 Å². The molecular weight excluding hydrogens is 282 g/mol. The Balaban J connectivity index is 3.58. The smallest absolute Gasteiger partial charge is 0.208 e. The van der Waals surface area contributed by atoms with Gasteiger partial charge in [-0.15, -0.1) is 0 Å². The van der Waals surface area contributed by atoms with Gasteiger partial charge in [-0.25, -0.2) is 0 Å². The van der Waals surface area contributed by atoms with Crippen LogP contribution in [0, 0.1) is 12.3 Å². The predicted octanol–water partition coefficient (Wildman–Crippen LogP) is 5.03. The van der Waals surface area contributed by atoms with Crippen LogP contribution in [-0.4, -0.2) is 28.5 Å². The van der Waals surface area contributed by atoms with Crippen LogP contribution in [-0.2, 0) is 0 Å². The number of nitrogens with zero attached hydrogens (tertiary/aromatic N) is 1. The van der Waals surface area contributed by atoms with E-state index in [0.29, 0.717) is 6.42 Å². The van der Waals surface area contributed by atoms with Gasteiger partial charge in [0.2, 0.25) is 5.69 Å². The van der Waals surface area contributed by atoms with Crippen molar-refractivity contribution in [2.24, 2.45) is 5.41 Å². The Bertz CT molecular complexity index is 624. The highest BCUT2D eigenvalue weighted by atomic mass is 16.3. The zero-order valence-electron chi connectivity index (χ0n) is 15.6. The molecule has 2 nitrogen and oxygen atoms in total. The standard InChI is InChI=1S/C21H32NO/c1-9-21(7,20(6,14-15-23)18(5)16(2)3)22(8)19-13-11-10-12-17(19)4/h9-13,23H,1,8,14-15H2,2-7H3/q+1. The average Bonchev–Trinajstić information content (AvgIpc) is 2.52. The lowest BCUT2D eigenvalue weighted by molar-refractivity contribution is -0.527. The zero-order valence-corrected chi connectivity index (χ0v) is 15.6. The molecule has 0 radical (unpaired) electrons. The number of hydrogen-bond donors (Lipinski definition) is 1. The Morgan fingerprint density at radius 2 is 1.78 bits per heavy atom. The molecule has 2 unspecified atom stereocenters. The van der Waals surface area contributed by atoms with Crippen molar-refractivity contribution in [1.29, 1.82) is 0 Å². The number of allylic oxidation sites excluding steroid dienone is 1. The minimum absolute atomic E-state index is 0.131. The molecule has 0 bridgehead atoms. The number of aryl methyl sites for hydroxylation is 1. The molecular formula is C21H32NO+. The minimum atomic E-state index is -0.427. The van der Waals surface area contributed by atoms with Crippen LogP contribution in [0.4, 0.5) is 5.69 Å². The lowest BCUT2D eigenvalue weighted by Crippen LogP contribution is -2.51. The molecule has 0 saturated heterocycles. The summed E-state index contributed by atoms with van der Waals surface area (Å²) in [7, 11) is 0. The molecule has 0 spiro atoms. The third kappa shape index (κ3) is 3.32. The van der Waals surface area contributed by atoms with E-state index in [2.05, 4.69) is 71.5 Å². The maximum Gasteiger partial charge on any atom is 0.208 e. The molecule has 1 aromatic rings. The molecule has 0 aromatic heterocycles. The normalized spacial score (nSPS) is 16.1. The van der Waals surface area contributed by atoms with Crippen molar-refractivity contribution in [2.75, 3.05) is 6.61 Å². The highest BCUT2D eigenvalue weighted by Crippen LogP contribution is 2.47. The van der Waals surface area contributed by atoms with Crippen LogP contribution in [0.3, 0.4) is 0 Å². The molecule has 0 heterocycles. The van der Waals surface area contributed by atoms with Gasteiger partial charge in [0.05, 0.1) is 5.41 Å². The van der Waals surface area contributed by atoms with Crippen LogP contribution >= 0.6 is 0 Å². The van der Waals surface area contributed by atoms with Gasteiger partial charge in [0, 0.05) is 25.2 Å². The van der Waals surface area contributed by atoms with Crippen molar-refractivity contribution >= 4 is 12.4 Å². The van der Waals surface area contributed by atoms with Gasteiger partial charge in [-0.2, -0.15) is 4.58 Å². The van der Waals surface area contributed by atoms with Gasteiger partial charge in [0.1, 0.15) is 6.72 Å². The Labute approximate surface area is 141 Å². The maximum absolute atomic E-state index is 9.70. The third-order valence-electron chi connectivity index (χ3n) is 5.67. The molecule has 1 N–H and O–H groups in total. The summed E-state index contributed by atoms with van der Waals surface area (Å²) in [5.41, 5.74) is 4.11. The van der Waals surface area contributed by atoms with Crippen molar-refractivity contribution in [1.82, 2.24) is 0 Å². The van der Waals surface area contributed by atoms with Crippen molar-refractivity contribution in [3.63, 3.8) is 0 Å². The molecule has 2 heteroatoms. The predicted molar refractivity (Wildman–Crippen MR) is 101 cm³/mol. The van der Waals surface area contributed by atoms with Gasteiger partial charge in [-0.1, -0.05) is 35.9 Å². The molecule has 0 amide bonds. The summed E-state index contributed by atoms with van der Waals surface area (Å²) < 4.78 is 2.05. The second-order valence-electron chi connectivity index (χ2n) is 7.00. The van der Waals surface area contributed by atoms with Crippen LogP contribution in [0.2, 0.25) is 0 Å². The first kappa shape index (κ1) is 19.4. The van der Waals surface area contributed by atoms with Crippen molar-refractivity contribution < 1.29 is 9.68 Å². The van der Waals surface area contributed by atoms with Crippen LogP contribution in [0.1, 0.15) is 46.6 Å². The first-order valence-electron chi connectivity index (χ1n) is 8.21. The number of benzene rings is 1. The van der Waals surface area contributed by atoms with Gasteiger partial charge in [-0.05, 0) is 47.1 Å². The summed E-state index contributed by atoms with van der Waals surface area (Å²) in [6.07, 6.45) is 2.62.